The summed E-state index contributed by atoms with van der Waals surface area (Å²) in [6.45, 7) is 0. The summed E-state index contributed by atoms with van der Waals surface area (Å²) in [5.74, 6) is 0. The van der Waals surface area contributed by atoms with E-state index in [-0.39, 0.29) is 0 Å². The Morgan fingerprint density at radius 1 is 0.207 bits per heavy atom. The molecule has 10 aromatic rings. The van der Waals surface area contributed by atoms with Crippen LogP contribution in [-0.2, 0) is 0 Å². The summed E-state index contributed by atoms with van der Waals surface area (Å²) in [6, 6.07) is 87.4. The van der Waals surface area contributed by atoms with Crippen molar-refractivity contribution in [3.63, 3.8) is 0 Å². The molecule has 0 unspecified atom stereocenters. The predicted molar refractivity (Wildman–Crippen MR) is 247 cm³/mol. The standard InChI is InChI=1S/C56H40N2/c1-3-15-41(16-4-1)45-27-33-49(34-28-45)57(51-37-31-43-19-7-9-21-47(43)39-51)55-25-13-11-23-53(55)54-24-12-14-26-56(54)58(52-38-32-44-20-8-10-22-48(44)40-52)50-35-29-46(30-36-50)42-17-5-2-6-18-42/h1-40H. The van der Waals surface area contributed by atoms with Crippen LogP contribution in [0.3, 0.4) is 0 Å². The average molecular weight is 741 g/mol. The second-order valence-electron chi connectivity index (χ2n) is 14.6. The van der Waals surface area contributed by atoms with Crippen molar-refractivity contribution >= 4 is 55.7 Å². The van der Waals surface area contributed by atoms with Gasteiger partial charge in [0.25, 0.3) is 0 Å². The molecule has 0 heterocycles. The summed E-state index contributed by atoms with van der Waals surface area (Å²) in [6.07, 6.45) is 0. The first-order valence-corrected chi connectivity index (χ1v) is 19.8. The minimum Gasteiger partial charge on any atom is -0.310 e. The highest BCUT2D eigenvalue weighted by molar-refractivity contribution is 5.98. The van der Waals surface area contributed by atoms with Crippen LogP contribution in [-0.4, -0.2) is 0 Å². The quantitative estimate of drug-likeness (QED) is 0.145. The number of hydrogen-bond acceptors (Lipinski definition) is 2. The fourth-order valence-corrected chi connectivity index (χ4v) is 8.15. The van der Waals surface area contributed by atoms with Gasteiger partial charge in [-0.05, 0) is 104 Å². The van der Waals surface area contributed by atoms with Crippen LogP contribution < -0.4 is 9.80 Å². The summed E-state index contributed by atoms with van der Waals surface area (Å²) in [5.41, 5.74) is 13.6. The fourth-order valence-electron chi connectivity index (χ4n) is 8.15. The number of benzene rings is 10. The maximum Gasteiger partial charge on any atom is 0.0540 e. The Morgan fingerprint density at radius 3 is 0.931 bits per heavy atom. The minimum absolute atomic E-state index is 1.09. The predicted octanol–water partition coefficient (Wildman–Crippen LogP) is 15.9. The molecule has 2 heteroatoms. The SMILES string of the molecule is c1ccc(-c2ccc(N(c3ccc4ccccc4c3)c3ccccc3-c3ccccc3N(c3ccc(-c4ccccc4)cc3)c3ccc4ccccc4c3)cc2)cc1. The number of fused-ring (bicyclic) bond motifs is 2. The van der Waals surface area contributed by atoms with Gasteiger partial charge in [-0.1, -0.05) is 182 Å². The van der Waals surface area contributed by atoms with Gasteiger partial charge in [0.1, 0.15) is 0 Å². The van der Waals surface area contributed by atoms with Crippen molar-refractivity contribution in [3.8, 4) is 33.4 Å². The first-order chi connectivity index (χ1) is 28.8. The summed E-state index contributed by atoms with van der Waals surface area (Å²) in [7, 11) is 0. The van der Waals surface area contributed by atoms with Crippen molar-refractivity contribution in [2.75, 3.05) is 9.80 Å². The van der Waals surface area contributed by atoms with Gasteiger partial charge in [0, 0.05) is 33.9 Å². The zero-order chi connectivity index (χ0) is 38.7. The second-order valence-corrected chi connectivity index (χ2v) is 14.6. The van der Waals surface area contributed by atoms with Crippen LogP contribution in [0, 0.1) is 0 Å². The first kappa shape index (κ1) is 34.8. The molecule has 0 radical (unpaired) electrons. The van der Waals surface area contributed by atoms with Crippen LogP contribution in [0.15, 0.2) is 243 Å². The molecule has 0 N–H and O–H groups in total. The van der Waals surface area contributed by atoms with Gasteiger partial charge in [0.2, 0.25) is 0 Å². The van der Waals surface area contributed by atoms with E-state index in [2.05, 4.69) is 252 Å². The molecule has 0 bridgehead atoms. The van der Waals surface area contributed by atoms with E-state index >= 15 is 0 Å². The molecule has 0 aliphatic carbocycles. The normalized spacial score (nSPS) is 11.1. The molecule has 2 nitrogen and oxygen atoms in total. The smallest absolute Gasteiger partial charge is 0.0540 e. The van der Waals surface area contributed by atoms with Gasteiger partial charge in [-0.3, -0.25) is 0 Å². The maximum absolute atomic E-state index is 2.41. The summed E-state index contributed by atoms with van der Waals surface area (Å²) in [5, 5.41) is 4.83. The van der Waals surface area contributed by atoms with E-state index in [1.807, 2.05) is 0 Å². The molecule has 0 aliphatic heterocycles. The van der Waals surface area contributed by atoms with E-state index in [4.69, 9.17) is 0 Å². The van der Waals surface area contributed by atoms with Crippen molar-refractivity contribution in [1.82, 2.24) is 0 Å². The Hall–Kier alpha value is -7.68. The van der Waals surface area contributed by atoms with Crippen molar-refractivity contribution in [3.05, 3.63) is 243 Å². The maximum atomic E-state index is 2.41. The lowest BCUT2D eigenvalue weighted by Crippen LogP contribution is -2.13. The van der Waals surface area contributed by atoms with Gasteiger partial charge < -0.3 is 9.80 Å². The van der Waals surface area contributed by atoms with E-state index in [0.717, 1.165) is 45.3 Å². The first-order valence-electron chi connectivity index (χ1n) is 19.8. The molecule has 0 saturated heterocycles. The molecule has 0 aliphatic rings. The van der Waals surface area contributed by atoms with Crippen LogP contribution in [0.2, 0.25) is 0 Å². The lowest BCUT2D eigenvalue weighted by molar-refractivity contribution is 1.27. The third-order valence-electron chi connectivity index (χ3n) is 11.0. The largest absolute Gasteiger partial charge is 0.310 e. The van der Waals surface area contributed by atoms with Gasteiger partial charge >= 0.3 is 0 Å². The number of hydrogen-bond donors (Lipinski definition) is 0. The fraction of sp³-hybridized carbons (Fsp3) is 0. The summed E-state index contributed by atoms with van der Waals surface area (Å²) in [4.78, 5) is 4.81. The zero-order valence-corrected chi connectivity index (χ0v) is 32.0. The van der Waals surface area contributed by atoms with Crippen LogP contribution in [0.5, 0.6) is 0 Å². The molecule has 10 aromatic carbocycles. The summed E-state index contributed by atoms with van der Waals surface area (Å²) >= 11 is 0. The molecule has 0 saturated carbocycles. The van der Waals surface area contributed by atoms with E-state index in [9.17, 15) is 0 Å². The average Bonchev–Trinajstić information content (AvgIpc) is 3.30. The summed E-state index contributed by atoms with van der Waals surface area (Å²) < 4.78 is 0. The Morgan fingerprint density at radius 2 is 0.517 bits per heavy atom. The van der Waals surface area contributed by atoms with Crippen LogP contribution in [0.25, 0.3) is 54.9 Å². The third kappa shape index (κ3) is 6.78. The van der Waals surface area contributed by atoms with Crippen molar-refractivity contribution in [2.45, 2.75) is 0 Å². The van der Waals surface area contributed by atoms with Crippen LogP contribution >= 0.6 is 0 Å². The van der Waals surface area contributed by atoms with Crippen molar-refractivity contribution in [1.29, 1.82) is 0 Å². The number of anilines is 6. The van der Waals surface area contributed by atoms with E-state index in [1.165, 1.54) is 43.8 Å². The molecule has 58 heavy (non-hydrogen) atoms. The number of para-hydroxylation sites is 2. The monoisotopic (exact) mass is 740 g/mol. The topological polar surface area (TPSA) is 6.48 Å². The molecule has 0 fully saturated rings. The molecule has 274 valence electrons. The van der Waals surface area contributed by atoms with Crippen LogP contribution in [0.1, 0.15) is 0 Å². The van der Waals surface area contributed by atoms with Crippen LogP contribution in [0.4, 0.5) is 34.1 Å². The molecular formula is C56H40N2. The van der Waals surface area contributed by atoms with Gasteiger partial charge in [0.05, 0.1) is 11.4 Å². The van der Waals surface area contributed by atoms with E-state index in [0.29, 0.717) is 0 Å². The molecule has 0 atom stereocenters. The van der Waals surface area contributed by atoms with Gasteiger partial charge in [-0.15, -0.1) is 0 Å². The molecule has 0 aromatic heterocycles. The van der Waals surface area contributed by atoms with Gasteiger partial charge in [-0.25, -0.2) is 0 Å². The molecule has 0 amide bonds. The van der Waals surface area contributed by atoms with Gasteiger partial charge in [0.15, 0.2) is 0 Å². The number of rotatable bonds is 9. The highest BCUT2D eigenvalue weighted by Crippen LogP contribution is 2.47. The highest BCUT2D eigenvalue weighted by atomic mass is 15.2. The minimum atomic E-state index is 1.09. The molecule has 10 rings (SSSR count). The van der Waals surface area contributed by atoms with Gasteiger partial charge in [-0.2, -0.15) is 0 Å². The third-order valence-corrected chi connectivity index (χ3v) is 11.0. The zero-order valence-electron chi connectivity index (χ0n) is 32.0. The van der Waals surface area contributed by atoms with E-state index in [1.54, 1.807) is 0 Å². The lowest BCUT2D eigenvalue weighted by atomic mass is 9.97. The molecule has 0 spiro atoms. The van der Waals surface area contributed by atoms with Crippen molar-refractivity contribution in [2.24, 2.45) is 0 Å². The van der Waals surface area contributed by atoms with E-state index < -0.39 is 0 Å². The highest BCUT2D eigenvalue weighted by Gasteiger charge is 2.22. The second kappa shape index (κ2) is 15.5. The Labute approximate surface area is 340 Å². The van der Waals surface area contributed by atoms with Crippen molar-refractivity contribution < 1.29 is 0 Å². The molecular weight excluding hydrogens is 701 g/mol. The number of nitrogens with zero attached hydrogens (tertiary/aromatic N) is 2. The Bertz CT molecular complexity index is 2780. The lowest BCUT2D eigenvalue weighted by Gasteiger charge is -2.31. The Kier molecular flexibility index (Phi) is 9.27. The Balaban J connectivity index is 1.15.